The highest BCUT2D eigenvalue weighted by atomic mass is 19.1. The number of hydrogen-bond donors (Lipinski definition) is 3. The van der Waals surface area contributed by atoms with Gasteiger partial charge in [0.25, 0.3) is 0 Å². The number of alkyl halides is 1. The van der Waals surface area contributed by atoms with Crippen LogP contribution in [0.3, 0.4) is 0 Å². The summed E-state index contributed by atoms with van der Waals surface area (Å²) < 4.78 is 20.7. The normalized spacial score (nSPS) is 31.1. The molecule has 0 spiro atoms. The number of aliphatic hydroxyl groups is 1. The second-order valence-electron chi connectivity index (χ2n) is 4.35. The van der Waals surface area contributed by atoms with Crippen LogP contribution in [-0.2, 0) is 4.74 Å². The smallest absolute Gasteiger partial charge is 0.167 e. The van der Waals surface area contributed by atoms with E-state index in [1.807, 2.05) is 0 Å². The van der Waals surface area contributed by atoms with Crippen molar-refractivity contribution in [3.05, 3.63) is 12.7 Å². The predicted octanol–water partition coefficient (Wildman–Crippen LogP) is -1.04. The maximum atomic E-state index is 13.8. The molecular formula is C10H13FN6O2. The highest BCUT2D eigenvalue weighted by Gasteiger charge is 2.44. The van der Waals surface area contributed by atoms with E-state index in [0.717, 1.165) is 0 Å². The predicted molar refractivity (Wildman–Crippen MR) is 63.6 cm³/mol. The molecule has 0 saturated carbocycles. The second kappa shape index (κ2) is 4.37. The summed E-state index contributed by atoms with van der Waals surface area (Å²) in [6.45, 7) is -0.435. The Morgan fingerprint density at radius 1 is 1.42 bits per heavy atom. The summed E-state index contributed by atoms with van der Waals surface area (Å²) in [5, 5.41) is 9.04. The van der Waals surface area contributed by atoms with Crippen LogP contribution in [-0.4, -0.2) is 49.5 Å². The number of anilines is 1. The fraction of sp³-hybridized carbons (Fsp3) is 0.500. The Kier molecular flexibility index (Phi) is 2.81. The van der Waals surface area contributed by atoms with Crippen molar-refractivity contribution in [2.45, 2.75) is 24.5 Å². The average molecular weight is 268 g/mol. The van der Waals surface area contributed by atoms with Crippen molar-refractivity contribution in [2.24, 2.45) is 5.73 Å². The van der Waals surface area contributed by atoms with E-state index in [1.165, 1.54) is 17.2 Å². The molecule has 0 amide bonds. The van der Waals surface area contributed by atoms with Gasteiger partial charge in [0.05, 0.1) is 19.0 Å². The molecule has 9 heteroatoms. The molecular weight excluding hydrogens is 255 g/mol. The monoisotopic (exact) mass is 268 g/mol. The SMILES string of the molecule is Nc1ncnc2c1ncn2[C@@H]1O[C@H](CO)[C@@H](F)[C@H]1N. The number of nitrogens with two attached hydrogens (primary N) is 2. The lowest BCUT2D eigenvalue weighted by Crippen LogP contribution is -2.37. The lowest BCUT2D eigenvalue weighted by Gasteiger charge is -2.16. The Morgan fingerprint density at radius 3 is 2.89 bits per heavy atom. The zero-order valence-corrected chi connectivity index (χ0v) is 9.85. The van der Waals surface area contributed by atoms with Gasteiger partial charge in [0.2, 0.25) is 0 Å². The fourth-order valence-electron chi connectivity index (χ4n) is 2.20. The van der Waals surface area contributed by atoms with Crippen molar-refractivity contribution in [1.82, 2.24) is 19.5 Å². The summed E-state index contributed by atoms with van der Waals surface area (Å²) in [7, 11) is 0. The largest absolute Gasteiger partial charge is 0.394 e. The van der Waals surface area contributed by atoms with Gasteiger partial charge in [-0.2, -0.15) is 0 Å². The lowest BCUT2D eigenvalue weighted by atomic mass is 10.1. The van der Waals surface area contributed by atoms with Crippen molar-refractivity contribution in [3.8, 4) is 0 Å². The van der Waals surface area contributed by atoms with Gasteiger partial charge in [-0.3, -0.25) is 4.57 Å². The number of halogens is 1. The number of imidazole rings is 1. The van der Waals surface area contributed by atoms with E-state index in [9.17, 15) is 4.39 Å². The second-order valence-corrected chi connectivity index (χ2v) is 4.35. The molecule has 3 heterocycles. The van der Waals surface area contributed by atoms with E-state index in [0.29, 0.717) is 11.2 Å². The molecule has 1 saturated heterocycles. The van der Waals surface area contributed by atoms with Crippen molar-refractivity contribution < 1.29 is 14.2 Å². The minimum Gasteiger partial charge on any atom is -0.394 e. The molecule has 0 unspecified atom stereocenters. The molecule has 0 aliphatic carbocycles. The summed E-state index contributed by atoms with van der Waals surface area (Å²) in [6.07, 6.45) is -0.478. The summed E-state index contributed by atoms with van der Waals surface area (Å²) in [5.41, 5.74) is 12.3. The molecule has 2 aromatic heterocycles. The third kappa shape index (κ3) is 1.74. The van der Waals surface area contributed by atoms with E-state index in [1.54, 1.807) is 0 Å². The zero-order chi connectivity index (χ0) is 13.6. The molecule has 102 valence electrons. The van der Waals surface area contributed by atoms with Crippen molar-refractivity contribution in [3.63, 3.8) is 0 Å². The summed E-state index contributed by atoms with van der Waals surface area (Å²) in [5.74, 6) is 0.228. The molecule has 2 aromatic rings. The molecule has 0 radical (unpaired) electrons. The Labute approximate surface area is 107 Å². The first-order valence-corrected chi connectivity index (χ1v) is 5.72. The number of rotatable bonds is 2. The van der Waals surface area contributed by atoms with Crippen molar-refractivity contribution in [1.29, 1.82) is 0 Å². The van der Waals surface area contributed by atoms with Crippen molar-refractivity contribution in [2.75, 3.05) is 12.3 Å². The molecule has 1 aliphatic rings. The van der Waals surface area contributed by atoms with Crippen LogP contribution in [0, 0.1) is 0 Å². The minimum atomic E-state index is -1.45. The number of nitrogen functional groups attached to an aromatic ring is 1. The minimum absolute atomic E-state index is 0.228. The summed E-state index contributed by atoms with van der Waals surface area (Å²) >= 11 is 0. The van der Waals surface area contributed by atoms with Gasteiger partial charge in [-0.25, -0.2) is 19.3 Å². The maximum Gasteiger partial charge on any atom is 0.167 e. The maximum absolute atomic E-state index is 13.8. The van der Waals surface area contributed by atoms with Crippen LogP contribution < -0.4 is 11.5 Å². The van der Waals surface area contributed by atoms with Crippen LogP contribution in [0.1, 0.15) is 6.23 Å². The highest BCUT2D eigenvalue weighted by molar-refractivity contribution is 5.81. The Balaban J connectivity index is 2.04. The molecule has 19 heavy (non-hydrogen) atoms. The van der Waals surface area contributed by atoms with E-state index in [2.05, 4.69) is 15.0 Å². The molecule has 4 atom stereocenters. The average Bonchev–Trinajstić information content (AvgIpc) is 2.94. The lowest BCUT2D eigenvalue weighted by molar-refractivity contribution is -0.0338. The summed E-state index contributed by atoms with van der Waals surface area (Å²) in [4.78, 5) is 11.9. The van der Waals surface area contributed by atoms with Crippen LogP contribution in [0.2, 0.25) is 0 Å². The number of ether oxygens (including phenoxy) is 1. The van der Waals surface area contributed by atoms with Crippen LogP contribution in [0.5, 0.6) is 0 Å². The van der Waals surface area contributed by atoms with Gasteiger partial charge in [0.1, 0.15) is 24.1 Å². The molecule has 5 N–H and O–H groups in total. The number of aromatic nitrogens is 4. The standard InChI is InChI=1S/C10H13FN6O2/c11-5-4(1-18)19-10(6(5)12)17-3-16-7-8(13)14-2-15-9(7)17/h2-6,10,18H,1,12H2,(H2,13,14,15)/t4-,5-,6-,10-/m1/s1. The van der Waals surface area contributed by atoms with Gasteiger partial charge >= 0.3 is 0 Å². The van der Waals surface area contributed by atoms with Gasteiger partial charge in [-0.1, -0.05) is 0 Å². The van der Waals surface area contributed by atoms with E-state index >= 15 is 0 Å². The van der Waals surface area contributed by atoms with E-state index in [4.69, 9.17) is 21.3 Å². The molecule has 0 bridgehead atoms. The highest BCUT2D eigenvalue weighted by Crippen LogP contribution is 2.32. The van der Waals surface area contributed by atoms with Gasteiger partial charge in [-0.15, -0.1) is 0 Å². The van der Waals surface area contributed by atoms with Crippen LogP contribution in [0.25, 0.3) is 11.2 Å². The first-order valence-electron chi connectivity index (χ1n) is 5.72. The molecule has 3 rings (SSSR count). The number of hydrogen-bond acceptors (Lipinski definition) is 7. The van der Waals surface area contributed by atoms with Crippen LogP contribution in [0.4, 0.5) is 10.2 Å². The van der Waals surface area contributed by atoms with Crippen LogP contribution >= 0.6 is 0 Å². The van der Waals surface area contributed by atoms with Crippen molar-refractivity contribution >= 4 is 17.0 Å². The molecule has 8 nitrogen and oxygen atoms in total. The van der Waals surface area contributed by atoms with Gasteiger partial charge < -0.3 is 21.3 Å². The van der Waals surface area contributed by atoms with E-state index < -0.39 is 31.2 Å². The molecule has 0 aromatic carbocycles. The molecule has 1 aliphatic heterocycles. The Hall–Kier alpha value is -1.84. The topological polar surface area (TPSA) is 125 Å². The van der Waals surface area contributed by atoms with E-state index in [-0.39, 0.29) is 5.82 Å². The third-order valence-corrected chi connectivity index (χ3v) is 3.21. The van der Waals surface area contributed by atoms with Gasteiger partial charge in [-0.05, 0) is 0 Å². The summed E-state index contributed by atoms with van der Waals surface area (Å²) in [6, 6.07) is -0.911. The number of fused-ring (bicyclic) bond motifs is 1. The fourth-order valence-corrected chi connectivity index (χ4v) is 2.20. The zero-order valence-electron chi connectivity index (χ0n) is 9.85. The number of aliphatic hydroxyl groups excluding tert-OH is 1. The first kappa shape index (κ1) is 12.2. The quantitative estimate of drug-likeness (QED) is 0.635. The number of nitrogens with zero attached hydrogens (tertiary/aromatic N) is 4. The van der Waals surface area contributed by atoms with Gasteiger partial charge in [0, 0.05) is 0 Å². The molecule has 1 fully saturated rings. The van der Waals surface area contributed by atoms with Crippen LogP contribution in [0.15, 0.2) is 12.7 Å². The van der Waals surface area contributed by atoms with Gasteiger partial charge in [0.15, 0.2) is 17.7 Å². The Morgan fingerprint density at radius 2 is 2.21 bits per heavy atom. The first-order chi connectivity index (χ1) is 9.13. The third-order valence-electron chi connectivity index (χ3n) is 3.21. The Bertz CT molecular complexity index is 605.